The van der Waals surface area contributed by atoms with Crippen LogP contribution in [0.3, 0.4) is 0 Å². The molecule has 2 nitrogen and oxygen atoms in total. The standard InChI is InChI=1S/C17H18N2/c1-14-7-5-6-10-16(14)13-19-17(18)12-11-15-8-3-2-4-9-15/h2-12H,13H2,1H3,(H2,18,19). The zero-order chi connectivity index (χ0) is 13.5. The highest BCUT2D eigenvalue weighted by atomic mass is 14.8. The van der Waals surface area contributed by atoms with Crippen LogP contribution in [0.4, 0.5) is 0 Å². The van der Waals surface area contributed by atoms with Crippen molar-refractivity contribution in [3.8, 4) is 0 Å². The lowest BCUT2D eigenvalue weighted by atomic mass is 10.1. The average Bonchev–Trinajstić information content (AvgIpc) is 2.45. The Labute approximate surface area is 114 Å². The molecule has 0 aliphatic carbocycles. The monoisotopic (exact) mass is 250 g/mol. The predicted molar refractivity (Wildman–Crippen MR) is 82.0 cm³/mol. The van der Waals surface area contributed by atoms with E-state index in [-0.39, 0.29) is 0 Å². The lowest BCUT2D eigenvalue weighted by Crippen LogP contribution is -2.08. The predicted octanol–water partition coefficient (Wildman–Crippen LogP) is 3.57. The molecule has 0 aromatic heterocycles. The topological polar surface area (TPSA) is 38.4 Å². The molecule has 0 fully saturated rings. The number of hydrogen-bond donors (Lipinski definition) is 1. The molecule has 0 saturated heterocycles. The third kappa shape index (κ3) is 4.11. The van der Waals surface area contributed by atoms with E-state index in [0.717, 1.165) is 5.56 Å². The van der Waals surface area contributed by atoms with Crippen LogP contribution in [0.15, 0.2) is 65.7 Å². The van der Waals surface area contributed by atoms with Gasteiger partial charge in [-0.15, -0.1) is 0 Å². The van der Waals surface area contributed by atoms with Crippen LogP contribution in [-0.2, 0) is 6.54 Å². The zero-order valence-electron chi connectivity index (χ0n) is 11.1. The highest BCUT2D eigenvalue weighted by Crippen LogP contribution is 2.08. The fraction of sp³-hybridized carbons (Fsp3) is 0.118. The van der Waals surface area contributed by atoms with Gasteiger partial charge in [0.05, 0.1) is 6.54 Å². The van der Waals surface area contributed by atoms with Crippen molar-refractivity contribution in [1.29, 1.82) is 0 Å². The molecule has 2 rings (SSSR count). The fourth-order valence-electron chi connectivity index (χ4n) is 1.76. The summed E-state index contributed by atoms with van der Waals surface area (Å²) in [5.74, 6) is 0.548. The second-order valence-electron chi connectivity index (χ2n) is 4.41. The largest absolute Gasteiger partial charge is 0.384 e. The number of aryl methyl sites for hydroxylation is 1. The Kier molecular flexibility index (Phi) is 4.51. The summed E-state index contributed by atoms with van der Waals surface area (Å²) >= 11 is 0. The molecule has 2 heteroatoms. The minimum absolute atomic E-state index is 0.548. The minimum atomic E-state index is 0.548. The Morgan fingerprint density at radius 2 is 1.74 bits per heavy atom. The van der Waals surface area contributed by atoms with E-state index < -0.39 is 0 Å². The summed E-state index contributed by atoms with van der Waals surface area (Å²) in [6.07, 6.45) is 3.81. The van der Waals surface area contributed by atoms with Gasteiger partial charge in [-0.1, -0.05) is 60.7 Å². The van der Waals surface area contributed by atoms with Crippen molar-refractivity contribution in [2.24, 2.45) is 10.7 Å². The van der Waals surface area contributed by atoms with E-state index >= 15 is 0 Å². The number of nitrogens with two attached hydrogens (primary N) is 1. The van der Waals surface area contributed by atoms with E-state index in [9.17, 15) is 0 Å². The van der Waals surface area contributed by atoms with E-state index in [1.54, 1.807) is 0 Å². The minimum Gasteiger partial charge on any atom is -0.384 e. The normalized spacial score (nSPS) is 11.9. The Hall–Kier alpha value is -2.35. The maximum Gasteiger partial charge on any atom is 0.118 e. The van der Waals surface area contributed by atoms with Gasteiger partial charge in [-0.05, 0) is 29.7 Å². The molecule has 0 saturated carbocycles. The third-order valence-corrected chi connectivity index (χ3v) is 2.94. The second kappa shape index (κ2) is 6.55. The highest BCUT2D eigenvalue weighted by Gasteiger charge is 1.95. The van der Waals surface area contributed by atoms with Gasteiger partial charge in [-0.2, -0.15) is 0 Å². The zero-order valence-corrected chi connectivity index (χ0v) is 11.1. The van der Waals surface area contributed by atoms with E-state index in [1.807, 2.05) is 54.6 Å². The molecule has 0 heterocycles. The molecule has 0 amide bonds. The summed E-state index contributed by atoms with van der Waals surface area (Å²) < 4.78 is 0. The van der Waals surface area contributed by atoms with Crippen LogP contribution >= 0.6 is 0 Å². The van der Waals surface area contributed by atoms with E-state index in [0.29, 0.717) is 12.4 Å². The summed E-state index contributed by atoms with van der Waals surface area (Å²) in [5.41, 5.74) is 9.45. The molecule has 0 atom stereocenters. The Morgan fingerprint density at radius 3 is 2.47 bits per heavy atom. The summed E-state index contributed by atoms with van der Waals surface area (Å²) in [7, 11) is 0. The average molecular weight is 250 g/mol. The number of rotatable bonds is 4. The molecule has 2 N–H and O–H groups in total. The molecule has 0 aliphatic heterocycles. The van der Waals surface area contributed by atoms with E-state index in [1.165, 1.54) is 11.1 Å². The van der Waals surface area contributed by atoms with Crippen LogP contribution in [0.1, 0.15) is 16.7 Å². The number of amidine groups is 1. The van der Waals surface area contributed by atoms with E-state index in [4.69, 9.17) is 5.73 Å². The second-order valence-corrected chi connectivity index (χ2v) is 4.41. The van der Waals surface area contributed by atoms with Crippen LogP contribution in [0.25, 0.3) is 6.08 Å². The number of hydrogen-bond acceptors (Lipinski definition) is 1. The van der Waals surface area contributed by atoms with Crippen molar-refractivity contribution in [3.63, 3.8) is 0 Å². The summed E-state index contributed by atoms with van der Waals surface area (Å²) in [5, 5.41) is 0. The van der Waals surface area contributed by atoms with Crippen molar-refractivity contribution in [2.45, 2.75) is 13.5 Å². The lowest BCUT2D eigenvalue weighted by Gasteiger charge is -2.01. The van der Waals surface area contributed by atoms with Gasteiger partial charge in [0.1, 0.15) is 5.84 Å². The lowest BCUT2D eigenvalue weighted by molar-refractivity contribution is 1.04. The first-order valence-corrected chi connectivity index (χ1v) is 6.33. The molecule has 96 valence electrons. The van der Waals surface area contributed by atoms with Gasteiger partial charge >= 0.3 is 0 Å². The van der Waals surface area contributed by atoms with Gasteiger partial charge < -0.3 is 5.73 Å². The quantitative estimate of drug-likeness (QED) is 0.654. The first-order valence-electron chi connectivity index (χ1n) is 6.33. The third-order valence-electron chi connectivity index (χ3n) is 2.94. The van der Waals surface area contributed by atoms with Crippen LogP contribution in [-0.4, -0.2) is 5.84 Å². The maximum absolute atomic E-state index is 5.88. The van der Waals surface area contributed by atoms with Crippen molar-refractivity contribution in [3.05, 3.63) is 77.4 Å². The molecule has 0 radical (unpaired) electrons. The van der Waals surface area contributed by atoms with Gasteiger partial charge in [0.2, 0.25) is 0 Å². The SMILES string of the molecule is Cc1ccccc1CN=C(N)C=Cc1ccccc1. The molecular formula is C17H18N2. The molecule has 2 aromatic rings. The summed E-state index contributed by atoms with van der Waals surface area (Å²) in [6, 6.07) is 18.3. The van der Waals surface area contributed by atoms with Crippen LogP contribution in [0.2, 0.25) is 0 Å². The van der Waals surface area contributed by atoms with Gasteiger partial charge in [0, 0.05) is 0 Å². The van der Waals surface area contributed by atoms with Gasteiger partial charge in [-0.25, -0.2) is 0 Å². The highest BCUT2D eigenvalue weighted by molar-refractivity contribution is 5.95. The number of benzene rings is 2. The summed E-state index contributed by atoms with van der Waals surface area (Å²) in [6.45, 7) is 2.71. The van der Waals surface area contributed by atoms with Crippen LogP contribution in [0, 0.1) is 6.92 Å². The summed E-state index contributed by atoms with van der Waals surface area (Å²) in [4.78, 5) is 4.38. The molecule has 0 unspecified atom stereocenters. The van der Waals surface area contributed by atoms with Crippen molar-refractivity contribution < 1.29 is 0 Å². The van der Waals surface area contributed by atoms with Gasteiger partial charge in [-0.3, -0.25) is 4.99 Å². The molecular weight excluding hydrogens is 232 g/mol. The molecule has 19 heavy (non-hydrogen) atoms. The number of aliphatic imine (C=N–C) groups is 1. The van der Waals surface area contributed by atoms with Gasteiger partial charge in [0.25, 0.3) is 0 Å². The van der Waals surface area contributed by atoms with Crippen molar-refractivity contribution >= 4 is 11.9 Å². The molecule has 0 spiro atoms. The van der Waals surface area contributed by atoms with Gasteiger partial charge in [0.15, 0.2) is 0 Å². The van der Waals surface area contributed by atoms with Crippen molar-refractivity contribution in [1.82, 2.24) is 0 Å². The first kappa shape index (κ1) is 13.1. The fourth-order valence-corrected chi connectivity index (χ4v) is 1.76. The molecule has 0 bridgehead atoms. The number of nitrogens with zero attached hydrogens (tertiary/aromatic N) is 1. The Balaban J connectivity index is 2.00. The Bertz CT molecular complexity index is 583. The molecule has 0 aliphatic rings. The van der Waals surface area contributed by atoms with Crippen LogP contribution in [0.5, 0.6) is 0 Å². The first-order chi connectivity index (χ1) is 9.25. The molecule has 2 aromatic carbocycles. The van der Waals surface area contributed by atoms with Crippen LogP contribution < -0.4 is 5.73 Å². The van der Waals surface area contributed by atoms with E-state index in [2.05, 4.69) is 24.0 Å². The van der Waals surface area contributed by atoms with Crippen molar-refractivity contribution in [2.75, 3.05) is 0 Å². The smallest absolute Gasteiger partial charge is 0.118 e. The maximum atomic E-state index is 5.88. The Morgan fingerprint density at radius 1 is 1.05 bits per heavy atom.